The second-order valence-corrected chi connectivity index (χ2v) is 9.77. The van der Waals surface area contributed by atoms with Crippen molar-refractivity contribution in [1.82, 2.24) is 9.62 Å². The van der Waals surface area contributed by atoms with Gasteiger partial charge in [0.25, 0.3) is 0 Å². The molecule has 2 N–H and O–H groups in total. The molecule has 31 heavy (non-hydrogen) atoms. The van der Waals surface area contributed by atoms with Crippen LogP contribution in [-0.4, -0.2) is 43.8 Å². The van der Waals surface area contributed by atoms with Crippen molar-refractivity contribution in [3.8, 4) is 0 Å². The van der Waals surface area contributed by atoms with Gasteiger partial charge in [-0.15, -0.1) is 0 Å². The number of amides is 2. The first kappa shape index (κ1) is 23.0. The molecule has 1 fully saturated rings. The quantitative estimate of drug-likeness (QED) is 0.718. The summed E-state index contributed by atoms with van der Waals surface area (Å²) in [6, 6.07) is 11.0. The Hall–Kier alpha value is -2.71. The molecule has 166 valence electrons. The molecular formula is C23H29N3O4S. The number of para-hydroxylation sites is 1. The maximum absolute atomic E-state index is 13.1. The number of likely N-dealkylation sites (tertiary alicyclic amines) is 1. The first-order valence-electron chi connectivity index (χ1n) is 10.4. The van der Waals surface area contributed by atoms with E-state index in [1.54, 1.807) is 38.1 Å². The highest BCUT2D eigenvalue weighted by molar-refractivity contribution is 7.89. The largest absolute Gasteiger partial charge is 0.329 e. The lowest BCUT2D eigenvalue weighted by molar-refractivity contribution is -0.137. The molecule has 0 unspecified atom stereocenters. The number of benzene rings is 2. The molecule has 0 spiro atoms. The van der Waals surface area contributed by atoms with Crippen LogP contribution in [0.3, 0.4) is 0 Å². The smallest absolute Gasteiger partial charge is 0.247 e. The molecule has 2 aromatic carbocycles. The summed E-state index contributed by atoms with van der Waals surface area (Å²) in [7, 11) is -3.90. The summed E-state index contributed by atoms with van der Waals surface area (Å²) in [4.78, 5) is 27.5. The molecule has 1 saturated heterocycles. The van der Waals surface area contributed by atoms with Gasteiger partial charge in [-0.3, -0.25) is 9.59 Å². The van der Waals surface area contributed by atoms with Gasteiger partial charge in [0.1, 0.15) is 6.04 Å². The standard InChI is InChI=1S/C23H29N3O4S/c1-15-13-16(2)21(17(3)14-15)31(29,30)25-18(4)23(28)26-12-8-11-20(26)22(27)24-19-9-6-5-7-10-19/h5-7,9-10,13-14,18,20,25H,8,11-12H2,1-4H3,(H,24,27)/t18-,20-/m0/s1. The van der Waals surface area contributed by atoms with Crippen LogP contribution < -0.4 is 10.0 Å². The van der Waals surface area contributed by atoms with Crippen molar-refractivity contribution in [3.63, 3.8) is 0 Å². The summed E-state index contributed by atoms with van der Waals surface area (Å²) in [5.74, 6) is -0.672. The van der Waals surface area contributed by atoms with Crippen LogP contribution in [0.15, 0.2) is 47.4 Å². The van der Waals surface area contributed by atoms with Crippen LogP contribution in [0.4, 0.5) is 5.69 Å². The molecule has 1 heterocycles. The Morgan fingerprint density at radius 3 is 2.29 bits per heavy atom. The molecule has 1 aliphatic rings. The van der Waals surface area contributed by atoms with Gasteiger partial charge in [0.2, 0.25) is 21.8 Å². The molecule has 8 heteroatoms. The third-order valence-electron chi connectivity index (χ3n) is 5.46. The highest BCUT2D eigenvalue weighted by Crippen LogP contribution is 2.24. The van der Waals surface area contributed by atoms with Crippen molar-refractivity contribution in [3.05, 3.63) is 59.2 Å². The maximum atomic E-state index is 13.1. The van der Waals surface area contributed by atoms with Gasteiger partial charge in [-0.1, -0.05) is 35.9 Å². The summed E-state index contributed by atoms with van der Waals surface area (Å²) in [6.07, 6.45) is 1.23. The predicted octanol–water partition coefficient (Wildman–Crippen LogP) is 2.91. The van der Waals surface area contributed by atoms with E-state index >= 15 is 0 Å². The normalized spacial score (nSPS) is 17.4. The SMILES string of the molecule is Cc1cc(C)c(S(=O)(=O)N[C@@H](C)C(=O)N2CCC[C@H]2C(=O)Nc2ccccc2)c(C)c1. The van der Waals surface area contributed by atoms with Crippen molar-refractivity contribution < 1.29 is 18.0 Å². The van der Waals surface area contributed by atoms with E-state index in [0.29, 0.717) is 36.2 Å². The molecule has 1 aliphatic heterocycles. The van der Waals surface area contributed by atoms with Gasteiger partial charge >= 0.3 is 0 Å². The minimum atomic E-state index is -3.90. The number of rotatable bonds is 6. The van der Waals surface area contributed by atoms with E-state index in [-0.39, 0.29) is 10.8 Å². The van der Waals surface area contributed by atoms with Gasteiger partial charge in [0.05, 0.1) is 10.9 Å². The average molecular weight is 444 g/mol. The zero-order valence-corrected chi connectivity index (χ0v) is 19.1. The van der Waals surface area contributed by atoms with Gasteiger partial charge in [-0.2, -0.15) is 4.72 Å². The van der Waals surface area contributed by atoms with Gasteiger partial charge < -0.3 is 10.2 Å². The minimum absolute atomic E-state index is 0.192. The van der Waals surface area contributed by atoms with Crippen LogP contribution in [0.25, 0.3) is 0 Å². The highest BCUT2D eigenvalue weighted by atomic mass is 32.2. The number of hydrogen-bond acceptors (Lipinski definition) is 4. The van der Waals surface area contributed by atoms with E-state index in [4.69, 9.17) is 0 Å². The summed E-state index contributed by atoms with van der Waals surface area (Å²) < 4.78 is 28.5. The van der Waals surface area contributed by atoms with Crippen LogP contribution in [0.2, 0.25) is 0 Å². The summed E-state index contributed by atoms with van der Waals surface area (Å²) in [5, 5.41) is 2.83. The third-order valence-corrected chi connectivity index (χ3v) is 7.30. The minimum Gasteiger partial charge on any atom is -0.329 e. The lowest BCUT2D eigenvalue weighted by Gasteiger charge is -2.27. The average Bonchev–Trinajstić information content (AvgIpc) is 3.16. The van der Waals surface area contributed by atoms with Crippen molar-refractivity contribution >= 4 is 27.5 Å². The van der Waals surface area contributed by atoms with Crippen molar-refractivity contribution in [2.75, 3.05) is 11.9 Å². The van der Waals surface area contributed by atoms with Gasteiger partial charge in [0.15, 0.2) is 0 Å². The highest BCUT2D eigenvalue weighted by Gasteiger charge is 2.37. The lowest BCUT2D eigenvalue weighted by Crippen LogP contribution is -2.51. The fourth-order valence-corrected chi connectivity index (χ4v) is 5.88. The Balaban J connectivity index is 1.73. The van der Waals surface area contributed by atoms with Gasteiger partial charge in [-0.05, 0) is 63.8 Å². The summed E-state index contributed by atoms with van der Waals surface area (Å²) >= 11 is 0. The maximum Gasteiger partial charge on any atom is 0.247 e. The second kappa shape index (κ2) is 9.20. The number of aryl methyl sites for hydroxylation is 3. The number of hydrogen-bond donors (Lipinski definition) is 2. The lowest BCUT2D eigenvalue weighted by atomic mass is 10.1. The molecule has 0 saturated carbocycles. The van der Waals surface area contributed by atoms with Crippen LogP contribution >= 0.6 is 0 Å². The molecule has 2 atom stereocenters. The Morgan fingerprint density at radius 2 is 1.68 bits per heavy atom. The van der Waals surface area contributed by atoms with E-state index in [2.05, 4.69) is 10.0 Å². The number of nitrogens with zero attached hydrogens (tertiary/aromatic N) is 1. The number of sulfonamides is 1. The molecule has 0 bridgehead atoms. The number of anilines is 1. The zero-order valence-electron chi connectivity index (χ0n) is 18.3. The van der Waals surface area contributed by atoms with Crippen molar-refractivity contribution in [2.45, 2.75) is 57.5 Å². The Bertz CT molecular complexity index is 1060. The first-order chi connectivity index (χ1) is 14.6. The molecule has 2 amide bonds. The molecule has 0 radical (unpaired) electrons. The topological polar surface area (TPSA) is 95.6 Å². The van der Waals surface area contributed by atoms with E-state index in [9.17, 15) is 18.0 Å². The van der Waals surface area contributed by atoms with E-state index in [1.807, 2.05) is 25.1 Å². The molecule has 7 nitrogen and oxygen atoms in total. The zero-order chi connectivity index (χ0) is 22.8. The summed E-state index contributed by atoms with van der Waals surface area (Å²) in [6.45, 7) is 7.32. The predicted molar refractivity (Wildman–Crippen MR) is 120 cm³/mol. The van der Waals surface area contributed by atoms with Crippen molar-refractivity contribution in [2.24, 2.45) is 0 Å². The van der Waals surface area contributed by atoms with Gasteiger partial charge in [-0.25, -0.2) is 8.42 Å². The number of carbonyl (C=O) groups excluding carboxylic acids is 2. The fraction of sp³-hybridized carbons (Fsp3) is 0.391. The summed E-state index contributed by atoms with van der Waals surface area (Å²) in [5.41, 5.74) is 2.89. The van der Waals surface area contributed by atoms with E-state index < -0.39 is 28.0 Å². The molecule has 0 aliphatic carbocycles. The van der Waals surface area contributed by atoms with Crippen LogP contribution in [-0.2, 0) is 19.6 Å². The fourth-order valence-electron chi connectivity index (χ4n) is 4.23. The molecule has 2 aromatic rings. The van der Waals surface area contributed by atoms with Crippen LogP contribution in [0, 0.1) is 20.8 Å². The first-order valence-corrected chi connectivity index (χ1v) is 11.8. The van der Waals surface area contributed by atoms with Gasteiger partial charge in [0, 0.05) is 12.2 Å². The Kier molecular flexibility index (Phi) is 6.81. The van der Waals surface area contributed by atoms with E-state index in [1.165, 1.54) is 11.8 Å². The van der Waals surface area contributed by atoms with Crippen LogP contribution in [0.1, 0.15) is 36.5 Å². The Morgan fingerprint density at radius 1 is 1.06 bits per heavy atom. The Labute approximate surface area is 183 Å². The molecule has 0 aromatic heterocycles. The molecular weight excluding hydrogens is 414 g/mol. The third kappa shape index (κ3) is 5.14. The molecule has 3 rings (SSSR count). The number of carbonyl (C=O) groups is 2. The van der Waals surface area contributed by atoms with E-state index in [0.717, 1.165) is 5.56 Å². The number of nitrogens with one attached hydrogen (secondary N) is 2. The van der Waals surface area contributed by atoms with Crippen molar-refractivity contribution in [1.29, 1.82) is 0 Å². The van der Waals surface area contributed by atoms with Crippen LogP contribution in [0.5, 0.6) is 0 Å². The second-order valence-electron chi connectivity index (χ2n) is 8.12. The monoisotopic (exact) mass is 443 g/mol.